The van der Waals surface area contributed by atoms with Gasteiger partial charge in [0.25, 0.3) is 0 Å². The van der Waals surface area contributed by atoms with Crippen LogP contribution in [0.5, 0.6) is 0 Å². The lowest BCUT2D eigenvalue weighted by molar-refractivity contribution is 0.523. The molecular formula is C24H30FN5. The van der Waals surface area contributed by atoms with E-state index in [0.717, 1.165) is 46.2 Å². The third kappa shape index (κ3) is 3.38. The Morgan fingerprint density at radius 3 is 2.37 bits per heavy atom. The number of hydrogen-bond donors (Lipinski definition) is 0. The fraction of sp³-hybridized carbons (Fsp3) is 0.458. The third-order valence-electron chi connectivity index (χ3n) is 5.71. The first kappa shape index (κ1) is 20.5. The van der Waals surface area contributed by atoms with Gasteiger partial charge in [0.15, 0.2) is 5.65 Å². The van der Waals surface area contributed by atoms with Crippen molar-refractivity contribution < 1.29 is 4.39 Å². The van der Waals surface area contributed by atoms with Gasteiger partial charge in [-0.15, -0.1) is 0 Å². The summed E-state index contributed by atoms with van der Waals surface area (Å²) in [7, 11) is 0. The maximum Gasteiger partial charge on any atom is 0.158 e. The summed E-state index contributed by atoms with van der Waals surface area (Å²) in [6.45, 7) is 12.6. The molecular weight excluding hydrogens is 377 g/mol. The van der Waals surface area contributed by atoms with Crippen LogP contribution in [0.1, 0.15) is 76.5 Å². The van der Waals surface area contributed by atoms with E-state index in [1.54, 1.807) is 10.7 Å². The summed E-state index contributed by atoms with van der Waals surface area (Å²) in [4.78, 5) is 4.74. The lowest BCUT2D eigenvalue weighted by Gasteiger charge is -2.11. The number of pyridine rings is 1. The highest BCUT2D eigenvalue weighted by Gasteiger charge is 2.21. The van der Waals surface area contributed by atoms with Crippen molar-refractivity contribution >= 4 is 21.9 Å². The van der Waals surface area contributed by atoms with Crippen molar-refractivity contribution in [2.45, 2.75) is 72.4 Å². The van der Waals surface area contributed by atoms with Crippen molar-refractivity contribution in [3.8, 4) is 0 Å². The number of rotatable bonds is 6. The zero-order chi connectivity index (χ0) is 21.6. The van der Waals surface area contributed by atoms with Crippen LogP contribution in [-0.2, 0) is 12.8 Å². The first-order chi connectivity index (χ1) is 14.3. The minimum atomic E-state index is -0.219. The van der Waals surface area contributed by atoms with Crippen LogP contribution in [0, 0.1) is 5.82 Å². The third-order valence-corrected chi connectivity index (χ3v) is 5.71. The van der Waals surface area contributed by atoms with Crippen LogP contribution < -0.4 is 0 Å². The summed E-state index contributed by atoms with van der Waals surface area (Å²) >= 11 is 0. The van der Waals surface area contributed by atoms with Crippen LogP contribution >= 0.6 is 0 Å². The molecule has 6 heteroatoms. The van der Waals surface area contributed by atoms with E-state index < -0.39 is 0 Å². The van der Waals surface area contributed by atoms with Gasteiger partial charge >= 0.3 is 0 Å². The molecule has 0 amide bonds. The summed E-state index contributed by atoms with van der Waals surface area (Å²) in [6.07, 6.45) is 3.61. The van der Waals surface area contributed by atoms with Crippen molar-refractivity contribution in [1.82, 2.24) is 24.5 Å². The van der Waals surface area contributed by atoms with Gasteiger partial charge in [0.05, 0.1) is 11.4 Å². The van der Waals surface area contributed by atoms with E-state index in [0.29, 0.717) is 5.52 Å². The van der Waals surface area contributed by atoms with Crippen LogP contribution in [0.25, 0.3) is 21.9 Å². The molecule has 0 radical (unpaired) electrons. The van der Waals surface area contributed by atoms with Gasteiger partial charge in [0.2, 0.25) is 0 Å². The van der Waals surface area contributed by atoms with Crippen molar-refractivity contribution in [2.24, 2.45) is 0 Å². The highest BCUT2D eigenvalue weighted by Crippen LogP contribution is 2.31. The fourth-order valence-corrected chi connectivity index (χ4v) is 4.22. The molecule has 4 aromatic rings. The van der Waals surface area contributed by atoms with Crippen LogP contribution in [0.4, 0.5) is 4.39 Å². The van der Waals surface area contributed by atoms with Gasteiger partial charge in [-0.25, -0.2) is 14.1 Å². The summed E-state index contributed by atoms with van der Waals surface area (Å²) in [5, 5.41) is 11.6. The van der Waals surface area contributed by atoms with Crippen LogP contribution in [-0.4, -0.2) is 24.5 Å². The second kappa shape index (κ2) is 7.82. The molecule has 1 aromatic carbocycles. The standard InChI is InChI=1S/C24H30FN5/c1-7-21-19-12-17(13-26-24(19)30(27-21)15(4)5)11-16(6)22-18-9-8-10-20(25)23(18)29(28-22)14(2)3/h8-10,12-16H,7,11H2,1-6H3. The molecule has 30 heavy (non-hydrogen) atoms. The molecule has 3 aromatic heterocycles. The predicted octanol–water partition coefficient (Wildman–Crippen LogP) is 5.99. The molecule has 0 aliphatic rings. The van der Waals surface area contributed by atoms with E-state index >= 15 is 0 Å². The lowest BCUT2D eigenvalue weighted by atomic mass is 9.96. The Hall–Kier alpha value is -2.76. The number of aromatic nitrogens is 5. The number of hydrogen-bond acceptors (Lipinski definition) is 3. The van der Waals surface area contributed by atoms with Crippen molar-refractivity contribution in [1.29, 1.82) is 0 Å². The summed E-state index contributed by atoms with van der Waals surface area (Å²) < 4.78 is 18.4. The van der Waals surface area contributed by atoms with Crippen molar-refractivity contribution in [2.75, 3.05) is 0 Å². The average Bonchev–Trinajstić information content (AvgIpc) is 3.27. The molecule has 0 saturated heterocycles. The number of halogens is 1. The Kier molecular flexibility index (Phi) is 5.35. The molecule has 5 nitrogen and oxygen atoms in total. The molecule has 0 aliphatic carbocycles. The number of nitrogens with zero attached hydrogens (tertiary/aromatic N) is 5. The van der Waals surface area contributed by atoms with E-state index in [2.05, 4.69) is 33.8 Å². The highest BCUT2D eigenvalue weighted by atomic mass is 19.1. The SMILES string of the molecule is CCc1nn(C(C)C)c2ncc(CC(C)c3nn(C(C)C)c4c(F)cccc34)cc12. The second-order valence-corrected chi connectivity index (χ2v) is 8.72. The molecule has 0 fully saturated rings. The van der Waals surface area contributed by atoms with Crippen molar-refractivity contribution in [3.05, 3.63) is 53.2 Å². The molecule has 0 aliphatic heterocycles. The minimum Gasteiger partial charge on any atom is -0.259 e. The van der Waals surface area contributed by atoms with E-state index in [4.69, 9.17) is 15.2 Å². The second-order valence-electron chi connectivity index (χ2n) is 8.72. The Morgan fingerprint density at radius 1 is 0.967 bits per heavy atom. The quantitative estimate of drug-likeness (QED) is 0.394. The monoisotopic (exact) mass is 407 g/mol. The number of benzene rings is 1. The largest absolute Gasteiger partial charge is 0.259 e. The van der Waals surface area contributed by atoms with Crippen LogP contribution in [0.2, 0.25) is 0 Å². The van der Waals surface area contributed by atoms with Gasteiger partial charge < -0.3 is 0 Å². The van der Waals surface area contributed by atoms with E-state index in [9.17, 15) is 4.39 Å². The van der Waals surface area contributed by atoms with Gasteiger partial charge in [-0.2, -0.15) is 10.2 Å². The Bertz CT molecular complexity index is 1200. The molecule has 158 valence electrons. The lowest BCUT2D eigenvalue weighted by Crippen LogP contribution is -2.06. The smallest absolute Gasteiger partial charge is 0.158 e. The zero-order valence-corrected chi connectivity index (χ0v) is 18.6. The Labute approximate surface area is 176 Å². The molecule has 1 unspecified atom stereocenters. The summed E-state index contributed by atoms with van der Waals surface area (Å²) in [5.74, 6) is -0.0808. The van der Waals surface area contributed by atoms with Gasteiger partial charge in [-0.05, 0) is 58.2 Å². The Balaban J connectivity index is 1.73. The van der Waals surface area contributed by atoms with E-state index in [1.165, 1.54) is 6.07 Å². The molecule has 1 atom stereocenters. The van der Waals surface area contributed by atoms with Gasteiger partial charge in [-0.3, -0.25) is 4.68 Å². The molecule has 3 heterocycles. The number of para-hydroxylation sites is 1. The first-order valence-electron chi connectivity index (χ1n) is 10.8. The van der Waals surface area contributed by atoms with Gasteiger partial charge in [0.1, 0.15) is 11.3 Å². The average molecular weight is 408 g/mol. The fourth-order valence-electron chi connectivity index (χ4n) is 4.22. The maximum atomic E-state index is 14.6. The maximum absolute atomic E-state index is 14.6. The number of fused-ring (bicyclic) bond motifs is 2. The minimum absolute atomic E-state index is 0.0948. The molecule has 0 N–H and O–H groups in total. The summed E-state index contributed by atoms with van der Waals surface area (Å²) in [5.41, 5.74) is 4.70. The van der Waals surface area contributed by atoms with E-state index in [1.807, 2.05) is 30.8 Å². The first-order valence-corrected chi connectivity index (χ1v) is 10.8. The topological polar surface area (TPSA) is 48.5 Å². The predicted molar refractivity (Wildman–Crippen MR) is 119 cm³/mol. The molecule has 4 rings (SSSR count). The summed E-state index contributed by atoms with van der Waals surface area (Å²) in [6, 6.07) is 7.82. The van der Waals surface area contributed by atoms with Gasteiger partial charge in [-0.1, -0.05) is 26.0 Å². The van der Waals surface area contributed by atoms with Gasteiger partial charge in [0, 0.05) is 35.0 Å². The van der Waals surface area contributed by atoms with Crippen molar-refractivity contribution in [3.63, 3.8) is 0 Å². The Morgan fingerprint density at radius 2 is 1.70 bits per heavy atom. The molecule has 0 spiro atoms. The van der Waals surface area contributed by atoms with E-state index in [-0.39, 0.29) is 23.8 Å². The normalized spacial score (nSPS) is 13.2. The van der Waals surface area contributed by atoms with Crippen LogP contribution in [0.3, 0.4) is 0 Å². The highest BCUT2D eigenvalue weighted by molar-refractivity contribution is 5.83. The molecule has 0 bridgehead atoms. The zero-order valence-electron chi connectivity index (χ0n) is 18.6. The molecule has 0 saturated carbocycles. The number of aryl methyl sites for hydroxylation is 1. The van der Waals surface area contributed by atoms with Crippen LogP contribution in [0.15, 0.2) is 30.5 Å².